The van der Waals surface area contributed by atoms with Crippen molar-refractivity contribution >= 4 is 28.3 Å². The molecule has 0 aliphatic heterocycles. The van der Waals surface area contributed by atoms with E-state index in [1.165, 1.54) is 6.92 Å². The molecule has 6 heteroatoms. The summed E-state index contributed by atoms with van der Waals surface area (Å²) in [5, 5.41) is 13.3. The number of Topliss-reactive ketones (excluding diaryl/α,β-unsaturated/α-hetero) is 1. The van der Waals surface area contributed by atoms with Gasteiger partial charge in [-0.25, -0.2) is 4.79 Å². The first-order chi connectivity index (χ1) is 13.3. The highest BCUT2D eigenvalue weighted by molar-refractivity contribution is 5.95. The van der Waals surface area contributed by atoms with Gasteiger partial charge in [0.25, 0.3) is 0 Å². The molecule has 2 N–H and O–H groups in total. The predicted molar refractivity (Wildman–Crippen MR) is 107 cm³/mol. The van der Waals surface area contributed by atoms with Crippen LogP contribution >= 0.6 is 0 Å². The molecular formula is C22H21NO5. The summed E-state index contributed by atoms with van der Waals surface area (Å²) in [5.41, 5.74) is 2.72. The standard InChI is InChI=1S/C22H21NO5/c1-12-17-8-10-19(25)13(2)21(17)28-22(27)18(12)9-11-20(26)23-16-6-4-15(5-7-16)14(3)24/h4-8,10,25H,9,11H2,1-3H3,(H,23,26). The number of hydrogen-bond donors (Lipinski definition) is 2. The second kappa shape index (κ2) is 7.68. The Morgan fingerprint density at radius 3 is 2.36 bits per heavy atom. The summed E-state index contributed by atoms with van der Waals surface area (Å²) in [7, 11) is 0. The summed E-state index contributed by atoms with van der Waals surface area (Å²) < 4.78 is 5.39. The van der Waals surface area contributed by atoms with Crippen LogP contribution in [0.15, 0.2) is 45.6 Å². The maximum atomic E-state index is 12.4. The van der Waals surface area contributed by atoms with Crippen LogP contribution in [0.2, 0.25) is 0 Å². The molecule has 3 rings (SSSR count). The summed E-state index contributed by atoms with van der Waals surface area (Å²) in [6.45, 7) is 4.97. The van der Waals surface area contributed by atoms with Gasteiger partial charge in [-0.2, -0.15) is 0 Å². The Hall–Kier alpha value is -3.41. The molecule has 0 bridgehead atoms. The van der Waals surface area contributed by atoms with Gasteiger partial charge in [-0.1, -0.05) is 0 Å². The van der Waals surface area contributed by atoms with Gasteiger partial charge in [0.2, 0.25) is 5.91 Å². The molecule has 0 radical (unpaired) electrons. The van der Waals surface area contributed by atoms with Gasteiger partial charge in [0.15, 0.2) is 5.78 Å². The van der Waals surface area contributed by atoms with E-state index in [1.54, 1.807) is 43.3 Å². The average molecular weight is 379 g/mol. The van der Waals surface area contributed by atoms with Crippen LogP contribution in [0, 0.1) is 13.8 Å². The van der Waals surface area contributed by atoms with Gasteiger partial charge in [-0.3, -0.25) is 9.59 Å². The van der Waals surface area contributed by atoms with Crippen molar-refractivity contribution in [1.82, 2.24) is 0 Å². The highest BCUT2D eigenvalue weighted by atomic mass is 16.4. The Kier molecular flexibility index (Phi) is 5.31. The number of aromatic hydroxyl groups is 1. The maximum absolute atomic E-state index is 12.4. The number of amides is 1. The molecule has 0 aliphatic carbocycles. The number of hydrogen-bond acceptors (Lipinski definition) is 5. The molecule has 28 heavy (non-hydrogen) atoms. The summed E-state index contributed by atoms with van der Waals surface area (Å²) in [6, 6.07) is 9.90. The molecule has 1 amide bonds. The van der Waals surface area contributed by atoms with E-state index in [0.717, 1.165) is 10.9 Å². The van der Waals surface area contributed by atoms with Gasteiger partial charge < -0.3 is 14.8 Å². The Labute approximate surface area is 161 Å². The van der Waals surface area contributed by atoms with Crippen molar-refractivity contribution in [2.75, 3.05) is 5.32 Å². The molecule has 6 nitrogen and oxygen atoms in total. The fourth-order valence-corrected chi connectivity index (χ4v) is 3.12. The molecule has 3 aromatic rings. The lowest BCUT2D eigenvalue weighted by Gasteiger charge is -2.10. The largest absolute Gasteiger partial charge is 0.508 e. The average Bonchev–Trinajstić information content (AvgIpc) is 2.65. The van der Waals surface area contributed by atoms with E-state index in [-0.39, 0.29) is 30.3 Å². The van der Waals surface area contributed by atoms with Gasteiger partial charge in [0, 0.05) is 34.2 Å². The SMILES string of the molecule is CC(=O)c1ccc(NC(=O)CCc2c(C)c3ccc(O)c(C)c3oc2=O)cc1. The number of aryl methyl sites for hydroxylation is 2. The predicted octanol–water partition coefficient (Wildman–Crippen LogP) is 3.89. The highest BCUT2D eigenvalue weighted by Gasteiger charge is 2.15. The van der Waals surface area contributed by atoms with E-state index >= 15 is 0 Å². The zero-order chi connectivity index (χ0) is 20.4. The molecule has 0 saturated carbocycles. The van der Waals surface area contributed by atoms with Crippen LogP contribution in [0.1, 0.15) is 40.4 Å². The molecule has 0 unspecified atom stereocenters. The van der Waals surface area contributed by atoms with E-state index < -0.39 is 5.63 Å². The molecular weight excluding hydrogens is 358 g/mol. The number of nitrogens with one attached hydrogen (secondary N) is 1. The van der Waals surface area contributed by atoms with E-state index in [9.17, 15) is 19.5 Å². The van der Waals surface area contributed by atoms with Crippen molar-refractivity contribution < 1.29 is 19.1 Å². The van der Waals surface area contributed by atoms with Crippen molar-refractivity contribution in [1.29, 1.82) is 0 Å². The van der Waals surface area contributed by atoms with Crippen molar-refractivity contribution in [2.24, 2.45) is 0 Å². The number of carbonyl (C=O) groups is 2. The van der Waals surface area contributed by atoms with Crippen LogP contribution in [0.5, 0.6) is 5.75 Å². The fourth-order valence-electron chi connectivity index (χ4n) is 3.12. The molecule has 0 atom stereocenters. The minimum Gasteiger partial charge on any atom is -0.508 e. The number of fused-ring (bicyclic) bond motifs is 1. The Balaban J connectivity index is 1.76. The smallest absolute Gasteiger partial charge is 0.339 e. The summed E-state index contributed by atoms with van der Waals surface area (Å²) in [5.74, 6) is -0.214. The molecule has 2 aromatic carbocycles. The van der Waals surface area contributed by atoms with Gasteiger partial charge >= 0.3 is 5.63 Å². The molecule has 144 valence electrons. The maximum Gasteiger partial charge on any atom is 0.339 e. The van der Waals surface area contributed by atoms with Crippen LogP contribution in [-0.2, 0) is 11.2 Å². The molecule has 1 heterocycles. The van der Waals surface area contributed by atoms with Crippen molar-refractivity contribution in [3.8, 4) is 5.75 Å². The second-order valence-electron chi connectivity index (χ2n) is 6.76. The van der Waals surface area contributed by atoms with Gasteiger partial charge in [0.05, 0.1) is 0 Å². The van der Waals surface area contributed by atoms with E-state index in [1.807, 2.05) is 6.92 Å². The molecule has 0 spiro atoms. The van der Waals surface area contributed by atoms with Gasteiger partial charge in [0.1, 0.15) is 11.3 Å². The van der Waals surface area contributed by atoms with E-state index in [0.29, 0.717) is 28.0 Å². The first-order valence-corrected chi connectivity index (χ1v) is 8.93. The number of phenols is 1. The summed E-state index contributed by atoms with van der Waals surface area (Å²) in [6.07, 6.45) is 0.351. The molecule has 1 aromatic heterocycles. The normalized spacial score (nSPS) is 10.8. The molecule has 0 fully saturated rings. The van der Waals surface area contributed by atoms with Gasteiger partial charge in [-0.15, -0.1) is 0 Å². The topological polar surface area (TPSA) is 96.6 Å². The first kappa shape index (κ1) is 19.4. The zero-order valence-electron chi connectivity index (χ0n) is 16.0. The number of rotatable bonds is 5. The fraction of sp³-hybridized carbons (Fsp3) is 0.227. The highest BCUT2D eigenvalue weighted by Crippen LogP contribution is 2.28. The van der Waals surface area contributed by atoms with E-state index in [4.69, 9.17) is 4.42 Å². The quantitative estimate of drug-likeness (QED) is 0.518. The van der Waals surface area contributed by atoms with Crippen molar-refractivity contribution in [3.05, 3.63) is 69.1 Å². The minimum atomic E-state index is -0.502. The number of carbonyl (C=O) groups excluding carboxylic acids is 2. The lowest BCUT2D eigenvalue weighted by atomic mass is 10.0. The Morgan fingerprint density at radius 2 is 1.71 bits per heavy atom. The second-order valence-corrected chi connectivity index (χ2v) is 6.76. The monoisotopic (exact) mass is 379 g/mol. The Morgan fingerprint density at radius 1 is 1.04 bits per heavy atom. The summed E-state index contributed by atoms with van der Waals surface area (Å²) >= 11 is 0. The Bertz CT molecular complexity index is 1130. The number of anilines is 1. The first-order valence-electron chi connectivity index (χ1n) is 8.93. The lowest BCUT2D eigenvalue weighted by molar-refractivity contribution is -0.116. The molecule has 0 saturated heterocycles. The van der Waals surface area contributed by atoms with Gasteiger partial charge in [-0.05, 0) is 69.2 Å². The molecule has 0 aliphatic rings. The van der Waals surface area contributed by atoms with Crippen LogP contribution in [0.25, 0.3) is 11.0 Å². The van der Waals surface area contributed by atoms with Crippen LogP contribution in [-0.4, -0.2) is 16.8 Å². The third-order valence-electron chi connectivity index (χ3n) is 4.85. The number of ketones is 1. The summed E-state index contributed by atoms with van der Waals surface area (Å²) in [4.78, 5) is 35.9. The number of benzene rings is 2. The third-order valence-corrected chi connectivity index (χ3v) is 4.85. The van der Waals surface area contributed by atoms with Crippen LogP contribution in [0.4, 0.5) is 5.69 Å². The minimum absolute atomic E-state index is 0.0417. The van der Waals surface area contributed by atoms with Crippen molar-refractivity contribution in [3.63, 3.8) is 0 Å². The van der Waals surface area contributed by atoms with E-state index in [2.05, 4.69) is 5.32 Å². The van der Waals surface area contributed by atoms with Crippen molar-refractivity contribution in [2.45, 2.75) is 33.6 Å². The van der Waals surface area contributed by atoms with Crippen LogP contribution < -0.4 is 10.9 Å². The number of phenolic OH excluding ortho intramolecular Hbond substituents is 1. The van der Waals surface area contributed by atoms with Crippen LogP contribution in [0.3, 0.4) is 0 Å². The third kappa shape index (κ3) is 3.81. The zero-order valence-corrected chi connectivity index (χ0v) is 16.0. The lowest BCUT2D eigenvalue weighted by Crippen LogP contribution is -2.16.